The first-order valence-electron chi connectivity index (χ1n) is 3.98. The van der Waals surface area contributed by atoms with Gasteiger partial charge in [0.25, 0.3) is 0 Å². The van der Waals surface area contributed by atoms with Crippen LogP contribution in [0.3, 0.4) is 0 Å². The van der Waals surface area contributed by atoms with Crippen LogP contribution in [0.1, 0.15) is 15.9 Å². The van der Waals surface area contributed by atoms with Crippen molar-refractivity contribution in [3.63, 3.8) is 0 Å². The van der Waals surface area contributed by atoms with Crippen molar-refractivity contribution in [2.75, 3.05) is 5.33 Å². The van der Waals surface area contributed by atoms with Gasteiger partial charge in [0.2, 0.25) is 0 Å². The van der Waals surface area contributed by atoms with Crippen molar-refractivity contribution in [3.05, 3.63) is 35.4 Å². The zero-order valence-corrected chi connectivity index (χ0v) is 11.4. The first kappa shape index (κ1) is 12.9. The molecule has 1 aromatic rings. The van der Waals surface area contributed by atoms with E-state index in [1.165, 1.54) is 24.3 Å². The van der Waals surface area contributed by atoms with Crippen LogP contribution in [0.4, 0.5) is 8.78 Å². The molecular formula is C10H8BrF2IO. The third-order valence-electron chi connectivity index (χ3n) is 1.80. The summed E-state index contributed by atoms with van der Waals surface area (Å²) < 4.78 is 27.0. The van der Waals surface area contributed by atoms with Crippen LogP contribution in [0.2, 0.25) is 0 Å². The third kappa shape index (κ3) is 3.14. The Morgan fingerprint density at radius 3 is 2.73 bits per heavy atom. The fourth-order valence-electron chi connectivity index (χ4n) is 1.02. The monoisotopic (exact) mass is 388 g/mol. The van der Waals surface area contributed by atoms with Crippen molar-refractivity contribution in [2.24, 2.45) is 0 Å². The molecule has 82 valence electrons. The summed E-state index contributed by atoms with van der Waals surface area (Å²) in [5.74, 6) is -0.199. The number of rotatable bonds is 4. The normalized spacial score (nSPS) is 11.4. The number of alkyl halides is 4. The van der Waals surface area contributed by atoms with Crippen LogP contribution in [-0.2, 0) is 3.93 Å². The maximum absolute atomic E-state index is 13.3. The Kier molecular flexibility index (Phi) is 4.51. The average molecular weight is 389 g/mol. The van der Waals surface area contributed by atoms with Gasteiger partial charge < -0.3 is 0 Å². The van der Waals surface area contributed by atoms with Gasteiger partial charge in [-0.3, -0.25) is 4.79 Å². The van der Waals surface area contributed by atoms with Crippen LogP contribution >= 0.6 is 36.7 Å². The second kappa shape index (κ2) is 5.25. The topological polar surface area (TPSA) is 17.1 Å². The van der Waals surface area contributed by atoms with E-state index < -0.39 is 24.7 Å². The standard InChI is InChI=1S/C10H8BrF2IO/c1-14-10(12,13)8-4-2-3-7(5-8)9(15)6-11/h2-5H,1,6H2. The highest BCUT2D eigenvalue weighted by Gasteiger charge is 2.28. The van der Waals surface area contributed by atoms with Crippen molar-refractivity contribution in [2.45, 2.75) is 3.93 Å². The molecule has 0 amide bonds. The first-order valence-corrected chi connectivity index (χ1v) is 7.71. The van der Waals surface area contributed by atoms with Gasteiger partial charge in [-0.05, 0) is 26.8 Å². The average Bonchev–Trinajstić information content (AvgIpc) is 2.28. The molecule has 0 saturated heterocycles. The Balaban J connectivity index is 3.13. The van der Waals surface area contributed by atoms with Gasteiger partial charge in [-0.25, -0.2) is 0 Å². The van der Waals surface area contributed by atoms with E-state index in [-0.39, 0.29) is 16.7 Å². The molecule has 0 radical (unpaired) electrons. The van der Waals surface area contributed by atoms with Crippen LogP contribution in [-0.4, -0.2) is 15.6 Å². The van der Waals surface area contributed by atoms with Crippen molar-refractivity contribution in [1.29, 1.82) is 0 Å². The Morgan fingerprint density at radius 1 is 1.53 bits per heavy atom. The van der Waals surface area contributed by atoms with Crippen LogP contribution in [0.25, 0.3) is 0 Å². The van der Waals surface area contributed by atoms with Crippen molar-refractivity contribution in [1.82, 2.24) is 0 Å². The molecule has 1 nitrogen and oxygen atoms in total. The highest BCUT2D eigenvalue weighted by molar-refractivity contribution is 14.2. The quantitative estimate of drug-likeness (QED) is 0.436. The Bertz CT molecular complexity index is 393. The summed E-state index contributed by atoms with van der Waals surface area (Å²) in [7, 11) is 0. The van der Waals surface area contributed by atoms with Gasteiger partial charge in [0.05, 0.1) is 5.33 Å². The predicted molar refractivity (Wildman–Crippen MR) is 69.6 cm³/mol. The molecule has 0 atom stereocenters. The van der Waals surface area contributed by atoms with Gasteiger partial charge in [0.1, 0.15) is 0 Å². The summed E-state index contributed by atoms with van der Waals surface area (Å²) in [4.78, 5) is 11.3. The van der Waals surface area contributed by atoms with Crippen LogP contribution < -0.4 is 0 Å². The number of hydrogen-bond donors (Lipinski definition) is 0. The lowest BCUT2D eigenvalue weighted by Crippen LogP contribution is -2.07. The van der Waals surface area contributed by atoms with Gasteiger partial charge in [-0.15, -0.1) is 0 Å². The van der Waals surface area contributed by atoms with E-state index in [9.17, 15) is 13.6 Å². The van der Waals surface area contributed by atoms with Gasteiger partial charge in [-0.2, -0.15) is 8.78 Å². The second-order valence-corrected chi connectivity index (χ2v) is 5.45. The molecule has 0 aliphatic heterocycles. The zero-order valence-electron chi connectivity index (χ0n) is 7.64. The Morgan fingerprint density at radius 2 is 2.20 bits per heavy atom. The molecule has 0 bridgehead atoms. The zero-order chi connectivity index (χ0) is 11.5. The smallest absolute Gasteiger partial charge is 0.293 e. The number of carbonyl (C=O) groups excluding carboxylic acids is 1. The molecule has 0 heterocycles. The molecule has 0 saturated carbocycles. The lowest BCUT2D eigenvalue weighted by molar-refractivity contribution is 0.102. The lowest BCUT2D eigenvalue weighted by Gasteiger charge is -2.11. The molecule has 1 rings (SSSR count). The van der Waals surface area contributed by atoms with Gasteiger partial charge >= 0.3 is 3.93 Å². The SMILES string of the molecule is C=IC(F)(F)c1cccc(C(=O)CBr)c1. The van der Waals surface area contributed by atoms with E-state index in [0.717, 1.165) is 0 Å². The van der Waals surface area contributed by atoms with E-state index in [0.29, 0.717) is 5.56 Å². The molecule has 15 heavy (non-hydrogen) atoms. The van der Waals surface area contributed by atoms with Crippen molar-refractivity contribution in [3.8, 4) is 0 Å². The molecule has 0 spiro atoms. The highest BCUT2D eigenvalue weighted by Crippen LogP contribution is 2.38. The van der Waals surface area contributed by atoms with Crippen LogP contribution in [0.5, 0.6) is 0 Å². The lowest BCUT2D eigenvalue weighted by atomic mass is 10.1. The number of halogens is 4. The minimum Gasteiger partial charge on any atom is -0.293 e. The molecule has 0 N–H and O–H groups in total. The molecule has 0 fully saturated rings. The molecular weight excluding hydrogens is 381 g/mol. The molecule has 0 unspecified atom stereocenters. The minimum absolute atomic E-state index is 0.114. The summed E-state index contributed by atoms with van der Waals surface area (Å²) in [6, 6.07) is 5.58. The number of carbonyl (C=O) groups is 1. The maximum atomic E-state index is 13.3. The largest absolute Gasteiger partial charge is 0.316 e. The van der Waals surface area contributed by atoms with E-state index in [1.807, 2.05) is 0 Å². The Hall–Kier alpha value is -0.170. The summed E-state index contributed by atoms with van der Waals surface area (Å²) in [5.41, 5.74) is 0.193. The third-order valence-corrected chi connectivity index (χ3v) is 3.89. The van der Waals surface area contributed by atoms with E-state index in [1.54, 1.807) is 0 Å². The highest BCUT2D eigenvalue weighted by atomic mass is 127. The molecule has 5 heteroatoms. The van der Waals surface area contributed by atoms with E-state index >= 15 is 0 Å². The number of hydrogen-bond acceptors (Lipinski definition) is 1. The van der Waals surface area contributed by atoms with E-state index in [4.69, 9.17) is 0 Å². The van der Waals surface area contributed by atoms with Crippen molar-refractivity contribution < 1.29 is 13.6 Å². The fourth-order valence-corrected chi connectivity index (χ4v) is 2.12. The van der Waals surface area contributed by atoms with Gasteiger partial charge in [0.15, 0.2) is 5.78 Å². The number of benzene rings is 1. The predicted octanol–water partition coefficient (Wildman–Crippen LogP) is 3.72. The van der Waals surface area contributed by atoms with Crippen LogP contribution in [0.15, 0.2) is 24.3 Å². The van der Waals surface area contributed by atoms with Crippen molar-refractivity contribution >= 4 is 47.0 Å². The number of ketones is 1. The van der Waals surface area contributed by atoms with Gasteiger partial charge in [0, 0.05) is 11.1 Å². The van der Waals surface area contributed by atoms with Gasteiger partial charge in [-0.1, -0.05) is 38.6 Å². The Labute approximate surface area is 105 Å². The first-order chi connectivity index (χ1) is 7.01. The fraction of sp³-hybridized carbons (Fsp3) is 0.200. The summed E-state index contributed by atoms with van der Waals surface area (Å²) >= 11 is 1.54. The maximum Gasteiger partial charge on any atom is 0.316 e. The molecule has 0 aliphatic rings. The number of Topliss-reactive ketones (excluding diaryl/α,β-unsaturated/α-hetero) is 1. The molecule has 0 aromatic heterocycles. The second-order valence-electron chi connectivity index (χ2n) is 2.77. The minimum atomic E-state index is -2.86. The molecule has 1 aromatic carbocycles. The van der Waals surface area contributed by atoms with Crippen LogP contribution in [0, 0.1) is 0 Å². The van der Waals surface area contributed by atoms with E-state index in [2.05, 4.69) is 20.4 Å². The summed E-state index contributed by atoms with van der Waals surface area (Å²) in [6.45, 7) is 0. The summed E-state index contributed by atoms with van der Waals surface area (Å²) in [6.07, 6.45) is 0. The summed E-state index contributed by atoms with van der Waals surface area (Å²) in [5, 5.41) is 0.140. The molecule has 0 aliphatic carbocycles.